The van der Waals surface area contributed by atoms with E-state index in [1.165, 1.54) is 0 Å². The molecule has 0 amide bonds. The zero-order valence-electron chi connectivity index (χ0n) is 7.81. The van der Waals surface area contributed by atoms with Crippen LogP contribution in [0.4, 0.5) is 0 Å². The normalized spacial score (nSPS) is 25.8. The van der Waals surface area contributed by atoms with E-state index in [2.05, 4.69) is 17.6 Å². The average molecular weight is 183 g/mol. The van der Waals surface area contributed by atoms with E-state index in [1.807, 2.05) is 17.5 Å². The fourth-order valence-corrected chi connectivity index (χ4v) is 1.48. The Kier molecular flexibility index (Phi) is 2.20. The molecule has 0 saturated carbocycles. The Morgan fingerprint density at radius 3 is 2.85 bits per heavy atom. The predicted octanol–water partition coefficient (Wildman–Crippen LogP) is -0.302. The zero-order chi connectivity index (χ0) is 9.15. The van der Waals surface area contributed by atoms with Gasteiger partial charge in [-0.25, -0.2) is 5.43 Å². The molecule has 5 nitrogen and oxygen atoms in total. The molecule has 0 aromatic rings. The van der Waals surface area contributed by atoms with E-state index in [0.29, 0.717) is 0 Å². The van der Waals surface area contributed by atoms with Crippen LogP contribution in [-0.2, 0) is 4.74 Å². The first-order valence-electron chi connectivity index (χ1n) is 4.49. The first kappa shape index (κ1) is 8.52. The number of allylic oxidation sites excluding steroid dienone is 1. The van der Waals surface area contributed by atoms with E-state index in [-0.39, 0.29) is 0 Å². The van der Waals surface area contributed by atoms with Crippen molar-refractivity contribution in [2.75, 3.05) is 33.4 Å². The van der Waals surface area contributed by atoms with Crippen LogP contribution < -0.4 is 5.43 Å². The second kappa shape index (κ2) is 3.35. The van der Waals surface area contributed by atoms with E-state index < -0.39 is 0 Å². The molecule has 0 unspecified atom stereocenters. The third kappa shape index (κ3) is 1.66. The maximum Gasteiger partial charge on any atom is 0.128 e. The molecule has 0 spiro atoms. The van der Waals surface area contributed by atoms with Crippen LogP contribution >= 0.6 is 0 Å². The van der Waals surface area contributed by atoms with Gasteiger partial charge in [0.2, 0.25) is 0 Å². The minimum absolute atomic E-state index is 0.765. The van der Waals surface area contributed by atoms with Crippen LogP contribution in [0.3, 0.4) is 0 Å². The minimum Gasteiger partial charge on any atom is -0.370 e. The van der Waals surface area contributed by atoms with Crippen LogP contribution in [0.15, 0.2) is 17.4 Å². The lowest BCUT2D eigenvalue weighted by molar-refractivity contribution is -1.03. The maximum atomic E-state index is 5.32. The number of likely N-dealkylation sites (N-methyl/N-ethyl adjacent to an activating group) is 1. The highest BCUT2D eigenvalue weighted by molar-refractivity contribution is 5.70. The largest absolute Gasteiger partial charge is 0.370 e. The molecule has 0 bridgehead atoms. The monoisotopic (exact) mass is 183 g/mol. The molecule has 0 atom stereocenters. The summed E-state index contributed by atoms with van der Waals surface area (Å²) < 4.78 is 6.08. The number of hydrazine groups is 1. The molecule has 1 N–H and O–H groups in total. The molecule has 0 aliphatic carbocycles. The zero-order valence-corrected chi connectivity index (χ0v) is 7.81. The summed E-state index contributed by atoms with van der Waals surface area (Å²) in [4.78, 5) is 0. The summed E-state index contributed by atoms with van der Waals surface area (Å²) in [5.41, 5.74) is 3.10. The second-order valence-corrected chi connectivity index (χ2v) is 3.44. The molecule has 0 aromatic heterocycles. The van der Waals surface area contributed by atoms with Gasteiger partial charge in [-0.1, -0.05) is 0 Å². The third-order valence-corrected chi connectivity index (χ3v) is 2.44. The smallest absolute Gasteiger partial charge is 0.128 e. The van der Waals surface area contributed by atoms with E-state index in [4.69, 9.17) is 4.74 Å². The molecule has 2 aliphatic rings. The van der Waals surface area contributed by atoms with E-state index in [9.17, 15) is 0 Å². The standard InChI is InChI=1S/C8H15N4O/c1-12(5-7-13-8-6-12)11-9-3-2-4-10-11/h2-4,9H,5-8H2,1H3/q+1. The molecule has 0 radical (unpaired) electrons. The number of hydrazone groups is 1. The van der Waals surface area contributed by atoms with Crippen molar-refractivity contribution < 1.29 is 9.33 Å². The summed E-state index contributed by atoms with van der Waals surface area (Å²) in [6, 6.07) is 0. The number of morpholine rings is 1. The number of nitrogens with zero attached hydrogens (tertiary/aromatic N) is 3. The van der Waals surface area contributed by atoms with Gasteiger partial charge in [0.05, 0.1) is 26.5 Å². The van der Waals surface area contributed by atoms with Gasteiger partial charge >= 0.3 is 0 Å². The summed E-state index contributed by atoms with van der Waals surface area (Å²) in [7, 11) is 2.14. The van der Waals surface area contributed by atoms with Gasteiger partial charge in [-0.05, 0) is 11.3 Å². The number of hydrogen-bond acceptors (Lipinski definition) is 4. The number of quaternary nitrogens is 1. The van der Waals surface area contributed by atoms with Crippen molar-refractivity contribution in [2.45, 2.75) is 0 Å². The van der Waals surface area contributed by atoms with Crippen molar-refractivity contribution in [1.29, 1.82) is 0 Å². The number of nitrogens with one attached hydrogen (secondary N) is 1. The summed E-state index contributed by atoms with van der Waals surface area (Å²) in [6.07, 6.45) is 5.55. The second-order valence-electron chi connectivity index (χ2n) is 3.44. The molecule has 2 rings (SSSR count). The Bertz CT molecular complexity index is 232. The van der Waals surface area contributed by atoms with E-state index in [0.717, 1.165) is 30.9 Å². The quantitative estimate of drug-likeness (QED) is 0.567. The first-order valence-corrected chi connectivity index (χ1v) is 4.49. The van der Waals surface area contributed by atoms with Gasteiger partial charge in [-0.15, -0.1) is 5.10 Å². The van der Waals surface area contributed by atoms with Gasteiger partial charge in [0.25, 0.3) is 0 Å². The molecule has 13 heavy (non-hydrogen) atoms. The summed E-state index contributed by atoms with van der Waals surface area (Å²) in [5, 5.41) is 6.12. The highest BCUT2D eigenvalue weighted by atomic mass is 16.5. The fraction of sp³-hybridized carbons (Fsp3) is 0.625. The van der Waals surface area contributed by atoms with Gasteiger partial charge in [-0.2, -0.15) is 4.59 Å². The fourth-order valence-electron chi connectivity index (χ4n) is 1.48. The Labute approximate surface area is 77.8 Å². The van der Waals surface area contributed by atoms with E-state index in [1.54, 1.807) is 6.21 Å². The van der Waals surface area contributed by atoms with Crippen molar-refractivity contribution in [1.82, 2.24) is 10.7 Å². The Hall–Kier alpha value is -1.07. The predicted molar refractivity (Wildman–Crippen MR) is 49.3 cm³/mol. The van der Waals surface area contributed by atoms with Crippen molar-refractivity contribution >= 4 is 6.21 Å². The molecule has 0 aromatic carbocycles. The Morgan fingerprint density at radius 1 is 1.46 bits per heavy atom. The molecule has 1 saturated heterocycles. The van der Waals surface area contributed by atoms with Gasteiger partial charge < -0.3 is 4.74 Å². The van der Waals surface area contributed by atoms with Crippen LogP contribution in [0, 0.1) is 0 Å². The summed E-state index contributed by atoms with van der Waals surface area (Å²) >= 11 is 0. The minimum atomic E-state index is 0.765. The lowest BCUT2D eigenvalue weighted by Gasteiger charge is -2.42. The van der Waals surface area contributed by atoms with Crippen molar-refractivity contribution in [3.63, 3.8) is 0 Å². The molecule has 1 fully saturated rings. The number of hydrogen-bond donors (Lipinski definition) is 1. The lowest BCUT2D eigenvalue weighted by Crippen LogP contribution is -2.64. The van der Waals surface area contributed by atoms with Crippen molar-refractivity contribution in [3.8, 4) is 0 Å². The molecular weight excluding hydrogens is 168 g/mol. The van der Waals surface area contributed by atoms with Crippen molar-refractivity contribution in [3.05, 3.63) is 12.3 Å². The maximum absolute atomic E-state index is 5.32. The average Bonchev–Trinajstić information content (AvgIpc) is 2.20. The van der Waals surface area contributed by atoms with Crippen LogP contribution in [0.1, 0.15) is 0 Å². The first-order chi connectivity index (χ1) is 6.31. The molecule has 2 aliphatic heterocycles. The van der Waals surface area contributed by atoms with Gasteiger partial charge in [0, 0.05) is 6.20 Å². The molecular formula is C8H15N4O+. The highest BCUT2D eigenvalue weighted by Gasteiger charge is 2.32. The topological polar surface area (TPSA) is 36.9 Å². The van der Waals surface area contributed by atoms with Gasteiger partial charge in [0.15, 0.2) is 0 Å². The van der Waals surface area contributed by atoms with Crippen molar-refractivity contribution in [2.24, 2.45) is 5.10 Å². The summed E-state index contributed by atoms with van der Waals surface area (Å²) in [5.74, 6) is 0. The number of ether oxygens (including phenoxy) is 1. The number of rotatable bonds is 1. The third-order valence-electron chi connectivity index (χ3n) is 2.44. The molecule has 5 heteroatoms. The molecule has 2 heterocycles. The van der Waals surface area contributed by atoms with Crippen LogP contribution in [0.25, 0.3) is 0 Å². The SMILES string of the molecule is C[N+]1(N2N=CC=CN2)CCOCC1. The Morgan fingerprint density at radius 2 is 2.23 bits per heavy atom. The summed E-state index contributed by atoms with van der Waals surface area (Å²) in [6.45, 7) is 3.51. The van der Waals surface area contributed by atoms with Gasteiger partial charge in [-0.3, -0.25) is 0 Å². The molecule has 72 valence electrons. The Balaban J connectivity index is 2.04. The van der Waals surface area contributed by atoms with Gasteiger partial charge in [0.1, 0.15) is 13.1 Å². The van der Waals surface area contributed by atoms with E-state index >= 15 is 0 Å². The van der Waals surface area contributed by atoms with Crippen LogP contribution in [0.2, 0.25) is 0 Å². The highest BCUT2D eigenvalue weighted by Crippen LogP contribution is 2.12. The lowest BCUT2D eigenvalue weighted by atomic mass is 10.4. The van der Waals surface area contributed by atoms with Crippen LogP contribution in [0.5, 0.6) is 0 Å². The van der Waals surface area contributed by atoms with Crippen LogP contribution in [-0.4, -0.2) is 49.4 Å².